The average molecular weight is 394 g/mol. The van der Waals surface area contributed by atoms with Crippen molar-refractivity contribution in [3.63, 3.8) is 0 Å². The fraction of sp³-hybridized carbons (Fsp3) is 0.391. The van der Waals surface area contributed by atoms with Gasteiger partial charge in [0.05, 0.1) is 12.0 Å². The van der Waals surface area contributed by atoms with Crippen LogP contribution < -0.4 is 10.6 Å². The van der Waals surface area contributed by atoms with Crippen LogP contribution in [0.1, 0.15) is 36.8 Å². The lowest BCUT2D eigenvalue weighted by atomic mass is 9.75. The van der Waals surface area contributed by atoms with E-state index in [0.717, 1.165) is 11.1 Å². The van der Waals surface area contributed by atoms with Crippen molar-refractivity contribution in [3.05, 3.63) is 59.7 Å². The summed E-state index contributed by atoms with van der Waals surface area (Å²) in [7, 11) is 0. The Labute approximate surface area is 170 Å². The highest BCUT2D eigenvalue weighted by atomic mass is 16.5. The van der Waals surface area contributed by atoms with E-state index < -0.39 is 17.6 Å². The smallest absolute Gasteiger partial charge is 0.407 e. The van der Waals surface area contributed by atoms with Crippen LogP contribution in [0.2, 0.25) is 0 Å². The van der Waals surface area contributed by atoms with E-state index in [4.69, 9.17) is 4.74 Å². The number of ether oxygens (including phenoxy) is 1. The van der Waals surface area contributed by atoms with E-state index in [9.17, 15) is 14.7 Å². The maximum absolute atomic E-state index is 12.7. The molecule has 6 heteroatoms. The van der Waals surface area contributed by atoms with Crippen molar-refractivity contribution < 1.29 is 19.4 Å². The first-order valence-corrected chi connectivity index (χ1v) is 10.1. The van der Waals surface area contributed by atoms with Crippen LogP contribution in [0.5, 0.6) is 0 Å². The van der Waals surface area contributed by atoms with Crippen LogP contribution in [0, 0.1) is 5.92 Å². The number of benzene rings is 2. The number of fused-ring (bicyclic) bond motifs is 3. The van der Waals surface area contributed by atoms with Gasteiger partial charge in [-0.2, -0.15) is 0 Å². The number of rotatable bonds is 7. The van der Waals surface area contributed by atoms with Gasteiger partial charge in [0.25, 0.3) is 0 Å². The number of nitrogens with one attached hydrogen (secondary N) is 2. The number of carbonyl (C=O) groups excluding carboxylic acids is 1. The second-order valence-corrected chi connectivity index (χ2v) is 7.89. The van der Waals surface area contributed by atoms with E-state index >= 15 is 0 Å². The third kappa shape index (κ3) is 3.60. The predicted octanol–water partition coefficient (Wildman–Crippen LogP) is 3.37. The van der Waals surface area contributed by atoms with Gasteiger partial charge in [-0.3, -0.25) is 4.79 Å². The molecule has 1 amide bonds. The average Bonchev–Trinajstić information content (AvgIpc) is 2.98. The standard InChI is InChI=1S/C23H26N2O4/c1-2-23(11-21(26)27,15-12-24-13-15)25-22(28)29-14-20-18-9-5-3-7-16(18)17-8-4-6-10-19(17)20/h3-10,15,20,24H,2,11-14H2,1H3,(H,25,28)(H,26,27). The van der Waals surface area contributed by atoms with E-state index in [1.807, 2.05) is 31.2 Å². The molecule has 1 unspecified atom stereocenters. The van der Waals surface area contributed by atoms with Gasteiger partial charge in [0.1, 0.15) is 6.61 Å². The fourth-order valence-electron chi connectivity index (χ4n) is 4.58. The summed E-state index contributed by atoms with van der Waals surface area (Å²) in [6, 6.07) is 16.3. The molecule has 3 N–H and O–H groups in total. The van der Waals surface area contributed by atoms with Gasteiger partial charge in [-0.05, 0) is 28.7 Å². The molecule has 1 aliphatic heterocycles. The minimum absolute atomic E-state index is 0.0194. The van der Waals surface area contributed by atoms with Crippen LogP contribution in [0.25, 0.3) is 11.1 Å². The van der Waals surface area contributed by atoms with Crippen LogP contribution in [-0.4, -0.2) is 42.4 Å². The lowest BCUT2D eigenvalue weighted by Crippen LogP contribution is -2.64. The molecular formula is C23H26N2O4. The molecule has 0 radical (unpaired) electrons. The van der Waals surface area contributed by atoms with Crippen molar-refractivity contribution in [2.45, 2.75) is 31.2 Å². The van der Waals surface area contributed by atoms with Crippen molar-refractivity contribution in [2.75, 3.05) is 19.7 Å². The van der Waals surface area contributed by atoms with Crippen LogP contribution in [-0.2, 0) is 9.53 Å². The number of carboxylic acid groups (broad SMARTS) is 1. The van der Waals surface area contributed by atoms with Gasteiger partial charge in [-0.1, -0.05) is 55.5 Å². The number of carboxylic acids is 1. The van der Waals surface area contributed by atoms with Crippen molar-refractivity contribution in [1.82, 2.24) is 10.6 Å². The number of alkyl carbamates (subject to hydrolysis) is 1. The zero-order valence-electron chi connectivity index (χ0n) is 16.5. The summed E-state index contributed by atoms with van der Waals surface area (Å²) >= 11 is 0. The molecule has 29 heavy (non-hydrogen) atoms. The molecule has 2 aliphatic rings. The van der Waals surface area contributed by atoms with Gasteiger partial charge in [0.15, 0.2) is 0 Å². The Kier molecular flexibility index (Phi) is 5.28. The van der Waals surface area contributed by atoms with Crippen LogP contribution >= 0.6 is 0 Å². The molecule has 0 saturated carbocycles. The van der Waals surface area contributed by atoms with Crippen molar-refractivity contribution >= 4 is 12.1 Å². The molecule has 1 fully saturated rings. The number of carbonyl (C=O) groups is 2. The van der Waals surface area contributed by atoms with Crippen LogP contribution in [0.3, 0.4) is 0 Å². The molecule has 1 atom stereocenters. The van der Waals surface area contributed by atoms with E-state index in [-0.39, 0.29) is 24.9 Å². The van der Waals surface area contributed by atoms with Gasteiger partial charge in [0, 0.05) is 24.9 Å². The molecule has 2 aromatic rings. The summed E-state index contributed by atoms with van der Waals surface area (Å²) in [6.07, 6.45) is -0.127. The number of hydrogen-bond donors (Lipinski definition) is 3. The maximum Gasteiger partial charge on any atom is 0.407 e. The van der Waals surface area contributed by atoms with Crippen molar-refractivity contribution in [1.29, 1.82) is 0 Å². The molecule has 0 aromatic heterocycles. The molecular weight excluding hydrogens is 368 g/mol. The molecule has 152 valence electrons. The first-order chi connectivity index (χ1) is 14.0. The monoisotopic (exact) mass is 394 g/mol. The zero-order chi connectivity index (χ0) is 20.4. The normalized spacial score (nSPS) is 17.6. The first kappa shape index (κ1) is 19.5. The summed E-state index contributed by atoms with van der Waals surface area (Å²) < 4.78 is 5.63. The number of hydrogen-bond acceptors (Lipinski definition) is 4. The second-order valence-electron chi connectivity index (χ2n) is 7.89. The number of amides is 1. The van der Waals surface area contributed by atoms with Crippen molar-refractivity contribution in [3.8, 4) is 11.1 Å². The summed E-state index contributed by atoms with van der Waals surface area (Å²) in [5.41, 5.74) is 3.85. The van der Waals surface area contributed by atoms with E-state index in [1.165, 1.54) is 11.1 Å². The minimum Gasteiger partial charge on any atom is -0.481 e. The first-order valence-electron chi connectivity index (χ1n) is 10.1. The molecule has 2 aromatic carbocycles. The van der Waals surface area contributed by atoms with Crippen LogP contribution in [0.15, 0.2) is 48.5 Å². The Morgan fingerprint density at radius 2 is 1.69 bits per heavy atom. The van der Waals surface area contributed by atoms with E-state index in [1.54, 1.807) is 0 Å². The van der Waals surface area contributed by atoms with Gasteiger partial charge in [-0.15, -0.1) is 0 Å². The Bertz CT molecular complexity index is 879. The molecule has 0 spiro atoms. The lowest BCUT2D eigenvalue weighted by molar-refractivity contribution is -0.139. The van der Waals surface area contributed by atoms with Crippen LogP contribution in [0.4, 0.5) is 4.79 Å². The predicted molar refractivity (Wildman–Crippen MR) is 110 cm³/mol. The molecule has 0 bridgehead atoms. The van der Waals surface area contributed by atoms with E-state index in [2.05, 4.69) is 34.9 Å². The molecule has 6 nitrogen and oxygen atoms in total. The zero-order valence-corrected chi connectivity index (χ0v) is 16.5. The Hall–Kier alpha value is -2.86. The van der Waals surface area contributed by atoms with Gasteiger partial charge in [0.2, 0.25) is 0 Å². The quantitative estimate of drug-likeness (QED) is 0.670. The number of aliphatic carboxylic acids is 1. The molecule has 1 aliphatic carbocycles. The summed E-state index contributed by atoms with van der Waals surface area (Å²) in [4.78, 5) is 24.1. The molecule has 1 heterocycles. The summed E-state index contributed by atoms with van der Waals surface area (Å²) in [5.74, 6) is -0.851. The Morgan fingerprint density at radius 3 is 2.17 bits per heavy atom. The third-order valence-electron chi connectivity index (χ3n) is 6.36. The largest absolute Gasteiger partial charge is 0.481 e. The maximum atomic E-state index is 12.7. The topological polar surface area (TPSA) is 87.7 Å². The Balaban J connectivity index is 1.49. The highest BCUT2D eigenvalue weighted by Gasteiger charge is 2.44. The van der Waals surface area contributed by atoms with Gasteiger partial charge in [-0.25, -0.2) is 4.79 Å². The van der Waals surface area contributed by atoms with E-state index in [0.29, 0.717) is 19.5 Å². The lowest BCUT2D eigenvalue weighted by Gasteiger charge is -2.44. The highest BCUT2D eigenvalue weighted by Crippen LogP contribution is 2.44. The highest BCUT2D eigenvalue weighted by molar-refractivity contribution is 5.79. The minimum atomic E-state index is -0.919. The molecule has 4 rings (SSSR count). The fourth-order valence-corrected chi connectivity index (χ4v) is 4.58. The summed E-state index contributed by atoms with van der Waals surface area (Å²) in [6.45, 7) is 3.52. The summed E-state index contributed by atoms with van der Waals surface area (Å²) in [5, 5.41) is 15.4. The molecule has 1 saturated heterocycles. The second kappa shape index (κ2) is 7.87. The third-order valence-corrected chi connectivity index (χ3v) is 6.36. The van der Waals surface area contributed by atoms with Gasteiger partial charge < -0.3 is 20.5 Å². The Morgan fingerprint density at radius 1 is 1.10 bits per heavy atom. The van der Waals surface area contributed by atoms with Crippen molar-refractivity contribution in [2.24, 2.45) is 5.92 Å². The SMILES string of the molecule is CCC(CC(=O)O)(NC(=O)OCC1c2ccccc2-c2ccccc21)C1CNC1. The van der Waals surface area contributed by atoms with Gasteiger partial charge >= 0.3 is 12.1 Å².